The quantitative estimate of drug-likeness (QED) is 0.494. The van der Waals surface area contributed by atoms with Crippen molar-refractivity contribution in [3.63, 3.8) is 0 Å². The first-order valence-electron chi connectivity index (χ1n) is 2.84. The molecule has 0 aliphatic carbocycles. The minimum atomic E-state index is -0.981. The van der Waals surface area contributed by atoms with Crippen LogP contribution in [-0.4, -0.2) is 43.5 Å². The number of rotatable bonds is 1. The van der Waals surface area contributed by atoms with E-state index >= 15 is 0 Å². The van der Waals surface area contributed by atoms with Gasteiger partial charge in [-0.05, 0) is 21.1 Å². The SMILES string of the molecule is C=CC(=O)O.CCl.CN(C)C.N. The van der Waals surface area contributed by atoms with Crippen molar-refractivity contribution in [2.45, 2.75) is 0 Å². The van der Waals surface area contributed by atoms with E-state index in [-0.39, 0.29) is 6.15 Å². The van der Waals surface area contributed by atoms with Crippen LogP contribution in [0.2, 0.25) is 0 Å². The Kier molecular flexibility index (Phi) is 42.1. The van der Waals surface area contributed by atoms with Gasteiger partial charge in [-0.2, -0.15) is 0 Å². The Morgan fingerprint density at radius 1 is 1.42 bits per heavy atom. The van der Waals surface area contributed by atoms with Crippen LogP contribution in [0.1, 0.15) is 0 Å². The van der Waals surface area contributed by atoms with Crippen LogP contribution in [0, 0.1) is 0 Å². The highest BCUT2D eigenvalue weighted by molar-refractivity contribution is 6.15. The van der Waals surface area contributed by atoms with Gasteiger partial charge in [0, 0.05) is 12.5 Å². The number of hydrogen-bond donors (Lipinski definition) is 2. The molecule has 0 saturated carbocycles. The molecule has 4 N–H and O–H groups in total. The minimum absolute atomic E-state index is 0. The van der Waals surface area contributed by atoms with E-state index in [4.69, 9.17) is 5.11 Å². The highest BCUT2D eigenvalue weighted by Crippen LogP contribution is 1.54. The van der Waals surface area contributed by atoms with Gasteiger partial charge in [-0.25, -0.2) is 4.79 Å². The predicted molar refractivity (Wildman–Crippen MR) is 54.2 cm³/mol. The first-order valence-corrected chi connectivity index (χ1v) is 3.60. The van der Waals surface area contributed by atoms with Crippen LogP contribution in [0.25, 0.3) is 0 Å². The van der Waals surface area contributed by atoms with Gasteiger partial charge in [0.25, 0.3) is 0 Å². The lowest BCUT2D eigenvalue weighted by Crippen LogP contribution is -1.99. The average molecular weight is 199 g/mol. The van der Waals surface area contributed by atoms with Crippen LogP contribution in [0.4, 0.5) is 0 Å². The fourth-order valence-corrected chi connectivity index (χ4v) is 0. The zero-order chi connectivity index (χ0) is 9.86. The Morgan fingerprint density at radius 2 is 1.50 bits per heavy atom. The zero-order valence-corrected chi connectivity index (χ0v) is 8.93. The molecule has 0 atom stereocenters. The lowest BCUT2D eigenvalue weighted by molar-refractivity contribution is -0.131. The largest absolute Gasteiger partial charge is 0.478 e. The van der Waals surface area contributed by atoms with Gasteiger partial charge in [0.15, 0.2) is 0 Å². The van der Waals surface area contributed by atoms with Crippen molar-refractivity contribution in [1.29, 1.82) is 0 Å². The van der Waals surface area contributed by atoms with Crippen molar-refractivity contribution >= 4 is 17.6 Å². The number of aliphatic carboxylic acids is 1. The third-order valence-electron chi connectivity index (χ3n) is 0.175. The molecule has 0 fully saturated rings. The topological polar surface area (TPSA) is 75.5 Å². The summed E-state index contributed by atoms with van der Waals surface area (Å²) in [5.41, 5.74) is 0. The lowest BCUT2D eigenvalue weighted by atomic mass is 10.7. The molecule has 0 spiro atoms. The molecule has 0 unspecified atom stereocenters. The van der Waals surface area contributed by atoms with Crippen LogP contribution >= 0.6 is 11.6 Å². The number of alkyl halides is 1. The molecular formula is C7H19ClN2O2. The number of hydrogen-bond acceptors (Lipinski definition) is 3. The molecular weight excluding hydrogens is 180 g/mol. The van der Waals surface area contributed by atoms with Gasteiger partial charge in [-0.3, -0.25) is 0 Å². The zero-order valence-electron chi connectivity index (χ0n) is 8.17. The Labute approximate surface area is 79.4 Å². The summed E-state index contributed by atoms with van der Waals surface area (Å²) in [4.78, 5) is 11.2. The molecule has 76 valence electrons. The Hall–Kier alpha value is -0.580. The molecule has 0 aromatic heterocycles. The molecule has 5 heteroatoms. The molecule has 0 amide bonds. The van der Waals surface area contributed by atoms with Crippen molar-refractivity contribution in [2.24, 2.45) is 0 Å². The average Bonchev–Trinajstić information content (AvgIpc) is 1.91. The molecule has 0 aliphatic heterocycles. The maximum Gasteiger partial charge on any atom is 0.327 e. The van der Waals surface area contributed by atoms with Gasteiger partial charge < -0.3 is 16.2 Å². The van der Waals surface area contributed by atoms with Gasteiger partial charge >= 0.3 is 5.97 Å². The number of carbonyl (C=O) groups is 1. The van der Waals surface area contributed by atoms with Gasteiger partial charge in [0.05, 0.1) is 0 Å². The Balaban J connectivity index is -0.0000000419. The van der Waals surface area contributed by atoms with E-state index in [1.54, 1.807) is 0 Å². The van der Waals surface area contributed by atoms with E-state index in [0.717, 1.165) is 6.08 Å². The van der Waals surface area contributed by atoms with Crippen molar-refractivity contribution in [2.75, 3.05) is 27.5 Å². The summed E-state index contributed by atoms with van der Waals surface area (Å²) in [5.74, 6) is -0.981. The van der Waals surface area contributed by atoms with Crippen LogP contribution in [0.15, 0.2) is 12.7 Å². The second-order valence-corrected chi connectivity index (χ2v) is 1.88. The third kappa shape index (κ3) is 331. The summed E-state index contributed by atoms with van der Waals surface area (Å²) in [7, 11) is 6.00. The molecule has 0 saturated heterocycles. The van der Waals surface area contributed by atoms with Gasteiger partial charge in [-0.15, -0.1) is 11.6 Å². The number of carboxylic acid groups (broad SMARTS) is 1. The smallest absolute Gasteiger partial charge is 0.327 e. The third-order valence-corrected chi connectivity index (χ3v) is 0.175. The van der Waals surface area contributed by atoms with Crippen molar-refractivity contribution < 1.29 is 9.90 Å². The van der Waals surface area contributed by atoms with E-state index in [9.17, 15) is 4.79 Å². The van der Waals surface area contributed by atoms with Gasteiger partial charge in [0.2, 0.25) is 0 Å². The number of halogens is 1. The fraction of sp³-hybridized carbons (Fsp3) is 0.571. The molecule has 0 bridgehead atoms. The number of carboxylic acids is 1. The van der Waals surface area contributed by atoms with E-state index in [1.165, 1.54) is 6.38 Å². The summed E-state index contributed by atoms with van der Waals surface area (Å²) in [6.07, 6.45) is 2.31. The van der Waals surface area contributed by atoms with Crippen LogP contribution in [0.3, 0.4) is 0 Å². The molecule has 0 aromatic rings. The maximum absolute atomic E-state index is 9.25. The molecule has 12 heavy (non-hydrogen) atoms. The Morgan fingerprint density at radius 3 is 1.50 bits per heavy atom. The standard InChI is InChI=1S/C3H9N.C3H4O2.CH3Cl.H3N/c1-4(2)3;1-2-3(4)5;1-2;/h1-3H3;2H,1H2,(H,4,5);1H3;1H3. The highest BCUT2D eigenvalue weighted by atomic mass is 35.5. The molecule has 0 heterocycles. The fourth-order valence-electron chi connectivity index (χ4n) is 0. The monoisotopic (exact) mass is 198 g/mol. The summed E-state index contributed by atoms with van der Waals surface area (Å²) in [6, 6.07) is 0. The van der Waals surface area contributed by atoms with Crippen molar-refractivity contribution in [1.82, 2.24) is 11.1 Å². The van der Waals surface area contributed by atoms with Gasteiger partial charge in [-0.1, -0.05) is 6.58 Å². The van der Waals surface area contributed by atoms with Crippen LogP contribution in [0.5, 0.6) is 0 Å². The van der Waals surface area contributed by atoms with E-state index < -0.39 is 5.97 Å². The molecule has 0 rings (SSSR count). The summed E-state index contributed by atoms with van der Waals surface area (Å²) in [5, 5.41) is 7.60. The van der Waals surface area contributed by atoms with E-state index in [0.29, 0.717) is 0 Å². The number of nitrogens with zero attached hydrogens (tertiary/aromatic N) is 1. The first kappa shape index (κ1) is 22.5. The highest BCUT2D eigenvalue weighted by Gasteiger charge is 1.73. The lowest BCUT2D eigenvalue weighted by Gasteiger charge is -1.90. The molecule has 4 nitrogen and oxygen atoms in total. The second-order valence-electron chi connectivity index (χ2n) is 1.88. The molecule has 0 aromatic carbocycles. The normalized spacial score (nSPS) is 6.17. The first-order chi connectivity index (χ1) is 5.00. The Bertz CT molecular complexity index is 94.7. The van der Waals surface area contributed by atoms with E-state index in [1.807, 2.05) is 26.0 Å². The molecule has 0 radical (unpaired) electrons. The maximum atomic E-state index is 9.25. The van der Waals surface area contributed by atoms with Crippen LogP contribution in [-0.2, 0) is 4.79 Å². The van der Waals surface area contributed by atoms with Crippen LogP contribution < -0.4 is 6.15 Å². The second kappa shape index (κ2) is 22.4. The minimum Gasteiger partial charge on any atom is -0.478 e. The summed E-state index contributed by atoms with van der Waals surface area (Å²) >= 11 is 4.64. The summed E-state index contributed by atoms with van der Waals surface area (Å²) < 4.78 is 0. The summed E-state index contributed by atoms with van der Waals surface area (Å²) in [6.45, 7) is 2.96. The van der Waals surface area contributed by atoms with Crippen molar-refractivity contribution in [3.05, 3.63) is 12.7 Å². The predicted octanol–water partition coefficient (Wildman–Crippen LogP) is 1.45. The van der Waals surface area contributed by atoms with E-state index in [2.05, 4.69) is 18.2 Å². The van der Waals surface area contributed by atoms with Gasteiger partial charge in [0.1, 0.15) is 0 Å². The van der Waals surface area contributed by atoms with Crippen molar-refractivity contribution in [3.8, 4) is 0 Å². The molecule has 0 aliphatic rings.